The van der Waals surface area contributed by atoms with Gasteiger partial charge in [-0.25, -0.2) is 9.59 Å². The van der Waals surface area contributed by atoms with E-state index >= 15 is 0 Å². The van der Waals surface area contributed by atoms with E-state index < -0.39 is 18.0 Å². The van der Waals surface area contributed by atoms with E-state index in [-0.39, 0.29) is 19.6 Å². The average Bonchev–Trinajstić information content (AvgIpc) is 2.91. The van der Waals surface area contributed by atoms with Gasteiger partial charge in [-0.2, -0.15) is 0 Å². The zero-order valence-electron chi connectivity index (χ0n) is 20.0. The van der Waals surface area contributed by atoms with Crippen LogP contribution in [0.15, 0.2) is 103 Å². The van der Waals surface area contributed by atoms with Crippen molar-refractivity contribution in [3.8, 4) is 5.75 Å². The largest absolute Gasteiger partial charge is 0.425 e. The summed E-state index contributed by atoms with van der Waals surface area (Å²) < 4.78 is 5.58. The highest BCUT2D eigenvalue weighted by molar-refractivity contribution is 5.86. The molecule has 6 heteroatoms. The van der Waals surface area contributed by atoms with Crippen LogP contribution in [0.1, 0.15) is 11.1 Å². The lowest BCUT2D eigenvalue weighted by molar-refractivity contribution is -0.136. The smallest absolute Gasteiger partial charge is 0.334 e. The van der Waals surface area contributed by atoms with Crippen LogP contribution in [0.4, 0.5) is 4.79 Å². The highest BCUT2D eigenvalue weighted by atomic mass is 16.5. The molecule has 4 rings (SSSR count). The number of aliphatic hydroxyl groups excluding tert-OH is 1. The molecule has 184 valence electrons. The minimum Gasteiger partial charge on any atom is -0.425 e. The second-order valence-corrected chi connectivity index (χ2v) is 8.57. The molecule has 2 N–H and O–H groups in total. The number of nitrogens with zero attached hydrogens (tertiary/aromatic N) is 1. The zero-order valence-corrected chi connectivity index (χ0v) is 20.0. The van der Waals surface area contributed by atoms with Crippen LogP contribution in [0, 0.1) is 0 Å². The van der Waals surface area contributed by atoms with Crippen molar-refractivity contribution >= 4 is 22.8 Å². The first-order valence-electron chi connectivity index (χ1n) is 12.1. The standard InChI is InChI=1S/C30H30N2O4/c33-20-19-32(18-17-23-9-3-1-4-10-23)30(35)31-28(29(34)36-27-13-5-2-6-14-27)22-24-15-16-25-11-7-8-12-26(25)21-24/h1-16,21,28,33H,17-20,22H2,(H,31,35)/t28-/m0/s1. The summed E-state index contributed by atoms with van der Waals surface area (Å²) in [6.07, 6.45) is 0.909. The highest BCUT2D eigenvalue weighted by Crippen LogP contribution is 2.18. The Morgan fingerprint density at radius 1 is 0.778 bits per heavy atom. The minimum absolute atomic E-state index is 0.162. The van der Waals surface area contributed by atoms with Gasteiger partial charge in [0.05, 0.1) is 6.61 Å². The minimum atomic E-state index is -0.906. The summed E-state index contributed by atoms with van der Waals surface area (Å²) >= 11 is 0. The number of carbonyl (C=O) groups is 2. The number of rotatable bonds is 10. The van der Waals surface area contributed by atoms with Crippen molar-refractivity contribution in [1.82, 2.24) is 10.2 Å². The van der Waals surface area contributed by atoms with Gasteiger partial charge in [-0.05, 0) is 40.5 Å². The van der Waals surface area contributed by atoms with E-state index in [9.17, 15) is 14.7 Å². The molecule has 0 fully saturated rings. The molecule has 4 aromatic carbocycles. The van der Waals surface area contributed by atoms with Crippen molar-refractivity contribution in [2.45, 2.75) is 18.9 Å². The van der Waals surface area contributed by atoms with Crippen molar-refractivity contribution < 1.29 is 19.4 Å². The number of esters is 1. The zero-order chi connectivity index (χ0) is 25.2. The summed E-state index contributed by atoms with van der Waals surface area (Å²) in [5, 5.41) is 14.6. The van der Waals surface area contributed by atoms with E-state index in [1.807, 2.05) is 78.9 Å². The molecule has 0 bridgehead atoms. The number of carbonyl (C=O) groups excluding carboxylic acids is 2. The first kappa shape index (κ1) is 24.9. The molecule has 0 saturated carbocycles. The lowest BCUT2D eigenvalue weighted by atomic mass is 10.0. The fourth-order valence-electron chi connectivity index (χ4n) is 4.06. The van der Waals surface area contributed by atoms with Gasteiger partial charge in [0, 0.05) is 19.5 Å². The second-order valence-electron chi connectivity index (χ2n) is 8.57. The average molecular weight is 483 g/mol. The van der Waals surface area contributed by atoms with Crippen LogP contribution in [-0.4, -0.2) is 47.7 Å². The molecule has 1 atom stereocenters. The van der Waals surface area contributed by atoms with E-state index in [1.54, 1.807) is 24.3 Å². The van der Waals surface area contributed by atoms with Gasteiger partial charge >= 0.3 is 12.0 Å². The third-order valence-corrected chi connectivity index (χ3v) is 5.97. The number of benzene rings is 4. The molecule has 4 aromatic rings. The predicted octanol–water partition coefficient (Wildman–Crippen LogP) is 4.60. The van der Waals surface area contributed by atoms with Crippen molar-refractivity contribution in [1.29, 1.82) is 0 Å². The highest BCUT2D eigenvalue weighted by Gasteiger charge is 2.26. The molecule has 0 aliphatic rings. The SMILES string of the molecule is O=C(Oc1ccccc1)[C@H](Cc1ccc2ccccc2c1)NC(=O)N(CCO)CCc1ccccc1. The van der Waals surface area contributed by atoms with Crippen molar-refractivity contribution in [3.63, 3.8) is 0 Å². The Morgan fingerprint density at radius 2 is 1.44 bits per heavy atom. The maximum absolute atomic E-state index is 13.2. The van der Waals surface area contributed by atoms with Crippen LogP contribution in [0.3, 0.4) is 0 Å². The molecule has 0 spiro atoms. The van der Waals surface area contributed by atoms with Gasteiger partial charge < -0.3 is 20.1 Å². The van der Waals surface area contributed by atoms with Gasteiger partial charge in [-0.3, -0.25) is 0 Å². The first-order valence-corrected chi connectivity index (χ1v) is 12.1. The number of amides is 2. The summed E-state index contributed by atoms with van der Waals surface area (Å²) in [6, 6.07) is 31.3. The summed E-state index contributed by atoms with van der Waals surface area (Å²) in [6.45, 7) is 0.397. The molecule has 0 unspecified atom stereocenters. The Hall–Kier alpha value is -4.16. The molecule has 36 heavy (non-hydrogen) atoms. The molecule has 0 heterocycles. The predicted molar refractivity (Wildman–Crippen MR) is 141 cm³/mol. The van der Waals surface area contributed by atoms with Gasteiger partial charge in [-0.15, -0.1) is 0 Å². The molecular formula is C30H30N2O4. The Kier molecular flexibility index (Phi) is 8.67. The van der Waals surface area contributed by atoms with Gasteiger partial charge in [0.15, 0.2) is 0 Å². The molecule has 2 amide bonds. The van der Waals surface area contributed by atoms with Crippen LogP contribution in [0.5, 0.6) is 5.75 Å². The summed E-state index contributed by atoms with van der Waals surface area (Å²) in [4.78, 5) is 27.9. The van der Waals surface area contributed by atoms with Crippen molar-refractivity contribution in [2.24, 2.45) is 0 Å². The molecular weight excluding hydrogens is 452 g/mol. The monoisotopic (exact) mass is 482 g/mol. The number of hydrogen-bond acceptors (Lipinski definition) is 4. The molecule has 0 radical (unpaired) electrons. The summed E-state index contributed by atoms with van der Waals surface area (Å²) in [5.41, 5.74) is 1.99. The maximum atomic E-state index is 13.2. The quantitative estimate of drug-likeness (QED) is 0.256. The van der Waals surface area contributed by atoms with Gasteiger partial charge in [0.1, 0.15) is 11.8 Å². The summed E-state index contributed by atoms with van der Waals surface area (Å²) in [5.74, 6) is -0.133. The maximum Gasteiger partial charge on any atom is 0.334 e. The number of nitrogens with one attached hydrogen (secondary N) is 1. The Morgan fingerprint density at radius 3 is 2.17 bits per heavy atom. The van der Waals surface area contributed by atoms with E-state index in [4.69, 9.17) is 4.74 Å². The molecule has 0 aliphatic carbocycles. The fraction of sp³-hybridized carbons (Fsp3) is 0.200. The van der Waals surface area contributed by atoms with Crippen LogP contribution in [0.2, 0.25) is 0 Å². The van der Waals surface area contributed by atoms with Crippen LogP contribution < -0.4 is 10.1 Å². The molecule has 6 nitrogen and oxygen atoms in total. The van der Waals surface area contributed by atoms with Crippen LogP contribution in [-0.2, 0) is 17.6 Å². The number of aliphatic hydroxyl groups is 1. The van der Waals surface area contributed by atoms with Crippen molar-refractivity contribution in [3.05, 3.63) is 114 Å². The van der Waals surface area contributed by atoms with Crippen LogP contribution >= 0.6 is 0 Å². The van der Waals surface area contributed by atoms with Gasteiger partial charge in [0.2, 0.25) is 0 Å². The Bertz CT molecular complexity index is 1280. The number of hydrogen-bond donors (Lipinski definition) is 2. The normalized spacial score (nSPS) is 11.6. The first-order chi connectivity index (χ1) is 17.6. The van der Waals surface area contributed by atoms with Gasteiger partial charge in [0.25, 0.3) is 0 Å². The lowest BCUT2D eigenvalue weighted by Crippen LogP contribution is -2.51. The lowest BCUT2D eigenvalue weighted by Gasteiger charge is -2.25. The number of urea groups is 1. The fourth-order valence-corrected chi connectivity index (χ4v) is 4.06. The van der Waals surface area contributed by atoms with E-state index in [1.165, 1.54) is 4.90 Å². The third-order valence-electron chi connectivity index (χ3n) is 5.97. The number of para-hydroxylation sites is 1. The second kappa shape index (κ2) is 12.5. The summed E-state index contributed by atoms with van der Waals surface area (Å²) in [7, 11) is 0. The molecule has 0 aromatic heterocycles. The third kappa shape index (κ3) is 6.93. The Balaban J connectivity index is 1.51. The van der Waals surface area contributed by atoms with E-state index in [0.717, 1.165) is 21.9 Å². The Labute approximate surface area is 211 Å². The number of fused-ring (bicyclic) bond motifs is 1. The number of ether oxygens (including phenoxy) is 1. The topological polar surface area (TPSA) is 78.9 Å². The van der Waals surface area contributed by atoms with E-state index in [2.05, 4.69) is 5.32 Å². The molecule has 0 aliphatic heterocycles. The molecule has 0 saturated heterocycles. The van der Waals surface area contributed by atoms with Gasteiger partial charge in [-0.1, -0.05) is 91.0 Å². The van der Waals surface area contributed by atoms with E-state index in [0.29, 0.717) is 18.7 Å². The van der Waals surface area contributed by atoms with Crippen LogP contribution in [0.25, 0.3) is 10.8 Å². The van der Waals surface area contributed by atoms with Crippen molar-refractivity contribution in [2.75, 3.05) is 19.7 Å².